The number of amides is 2. The third-order valence-electron chi connectivity index (χ3n) is 4.89. The van der Waals surface area contributed by atoms with Crippen LogP contribution in [0, 0.1) is 17.0 Å². The number of carbonyl (C=O) groups excluding carboxylic acids is 2. The van der Waals surface area contributed by atoms with E-state index < -0.39 is 5.41 Å². The summed E-state index contributed by atoms with van der Waals surface area (Å²) >= 11 is 0. The van der Waals surface area contributed by atoms with Crippen molar-refractivity contribution in [1.29, 1.82) is 0 Å². The van der Waals surface area contributed by atoms with E-state index in [1.54, 1.807) is 36.4 Å². The highest BCUT2D eigenvalue weighted by molar-refractivity contribution is 6.07. The quantitative estimate of drug-likeness (QED) is 0.700. The van der Waals surface area contributed by atoms with Gasteiger partial charge >= 0.3 is 0 Å². The van der Waals surface area contributed by atoms with E-state index in [2.05, 4.69) is 10.6 Å². The van der Waals surface area contributed by atoms with E-state index >= 15 is 0 Å². The van der Waals surface area contributed by atoms with Crippen molar-refractivity contribution in [3.63, 3.8) is 0 Å². The summed E-state index contributed by atoms with van der Waals surface area (Å²) < 4.78 is 27.2. The Kier molecular flexibility index (Phi) is 5.84. The van der Waals surface area contributed by atoms with Gasteiger partial charge in [0.05, 0.1) is 0 Å². The minimum Gasteiger partial charge on any atom is -0.355 e. The largest absolute Gasteiger partial charge is 0.355 e. The maximum absolute atomic E-state index is 13.6. The van der Waals surface area contributed by atoms with Crippen LogP contribution in [0.4, 0.5) is 8.78 Å². The highest BCUT2D eigenvalue weighted by Crippen LogP contribution is 2.46. The van der Waals surface area contributed by atoms with Gasteiger partial charge in [0.2, 0.25) is 11.8 Å². The molecule has 0 heterocycles. The average molecular weight is 372 g/mol. The third kappa shape index (κ3) is 4.51. The zero-order valence-electron chi connectivity index (χ0n) is 14.9. The first kappa shape index (κ1) is 19.0. The van der Waals surface area contributed by atoms with E-state index in [0.29, 0.717) is 36.8 Å². The van der Waals surface area contributed by atoms with Crippen LogP contribution in [-0.2, 0) is 22.4 Å². The first-order valence-corrected chi connectivity index (χ1v) is 9.06. The normalized spacial score (nSPS) is 14.4. The molecule has 0 unspecified atom stereocenters. The van der Waals surface area contributed by atoms with Crippen LogP contribution in [0.3, 0.4) is 0 Å². The summed E-state index contributed by atoms with van der Waals surface area (Å²) in [7, 11) is 0. The molecule has 0 aliphatic heterocycles. The molecule has 2 N–H and O–H groups in total. The standard InChI is InChI=1S/C21H22F2N2O2/c22-17-7-3-1-5-15(17)9-13-24-19(26)21(11-12-21)20(27)25-14-10-16-6-2-4-8-18(16)23/h1-8H,9-14H2,(H,24,26)(H,25,27). The van der Waals surface area contributed by atoms with E-state index in [1.807, 2.05) is 0 Å². The van der Waals surface area contributed by atoms with Crippen molar-refractivity contribution >= 4 is 11.8 Å². The van der Waals surface area contributed by atoms with Crippen LogP contribution in [0.15, 0.2) is 48.5 Å². The molecule has 0 aromatic heterocycles. The molecular weight excluding hydrogens is 350 g/mol. The number of hydrogen-bond donors (Lipinski definition) is 2. The third-order valence-corrected chi connectivity index (χ3v) is 4.89. The lowest BCUT2D eigenvalue weighted by Crippen LogP contribution is -2.44. The minimum atomic E-state index is -1.04. The molecule has 1 aliphatic carbocycles. The Morgan fingerprint density at radius 3 is 1.56 bits per heavy atom. The molecule has 0 atom stereocenters. The summed E-state index contributed by atoms with van der Waals surface area (Å²) in [5.74, 6) is -1.28. The van der Waals surface area contributed by atoms with E-state index in [9.17, 15) is 18.4 Å². The van der Waals surface area contributed by atoms with Gasteiger partial charge < -0.3 is 10.6 Å². The van der Waals surface area contributed by atoms with Gasteiger partial charge in [0.25, 0.3) is 0 Å². The summed E-state index contributed by atoms with van der Waals surface area (Å²) in [6.45, 7) is 0.536. The first-order chi connectivity index (χ1) is 13.0. The second-order valence-corrected chi connectivity index (χ2v) is 6.78. The van der Waals surface area contributed by atoms with Crippen molar-refractivity contribution in [3.05, 3.63) is 71.3 Å². The van der Waals surface area contributed by atoms with E-state index in [1.165, 1.54) is 12.1 Å². The number of nitrogens with one attached hydrogen (secondary N) is 2. The van der Waals surface area contributed by atoms with E-state index in [0.717, 1.165) is 0 Å². The van der Waals surface area contributed by atoms with Crippen molar-refractivity contribution < 1.29 is 18.4 Å². The highest BCUT2D eigenvalue weighted by Gasteiger charge is 2.56. The molecule has 3 rings (SSSR count). The van der Waals surface area contributed by atoms with Crippen molar-refractivity contribution in [2.75, 3.05) is 13.1 Å². The van der Waals surface area contributed by atoms with Gasteiger partial charge in [0.15, 0.2) is 0 Å². The van der Waals surface area contributed by atoms with Gasteiger partial charge in [-0.3, -0.25) is 9.59 Å². The molecule has 1 fully saturated rings. The first-order valence-electron chi connectivity index (χ1n) is 9.06. The second kappa shape index (κ2) is 8.29. The van der Waals surface area contributed by atoms with Crippen LogP contribution < -0.4 is 10.6 Å². The fourth-order valence-electron chi connectivity index (χ4n) is 3.04. The van der Waals surface area contributed by atoms with Gasteiger partial charge in [-0.15, -0.1) is 0 Å². The number of carbonyl (C=O) groups is 2. The molecular formula is C21H22F2N2O2. The molecule has 1 saturated carbocycles. The predicted molar refractivity (Wildman–Crippen MR) is 97.9 cm³/mol. The average Bonchev–Trinajstić information content (AvgIpc) is 3.47. The summed E-state index contributed by atoms with van der Waals surface area (Å²) in [5, 5.41) is 5.47. The molecule has 2 amide bonds. The summed E-state index contributed by atoms with van der Waals surface area (Å²) in [6.07, 6.45) is 1.71. The fourth-order valence-corrected chi connectivity index (χ4v) is 3.04. The Morgan fingerprint density at radius 2 is 1.19 bits per heavy atom. The van der Waals surface area contributed by atoms with Crippen molar-refractivity contribution in [2.45, 2.75) is 25.7 Å². The Balaban J connectivity index is 1.46. The summed E-state index contributed by atoms with van der Waals surface area (Å²) in [6, 6.07) is 12.8. The van der Waals surface area contributed by atoms with Gasteiger partial charge in [-0.25, -0.2) is 8.78 Å². The molecule has 0 bridgehead atoms. The molecule has 6 heteroatoms. The van der Waals surface area contributed by atoms with Crippen molar-refractivity contribution in [1.82, 2.24) is 10.6 Å². The Hall–Kier alpha value is -2.76. The minimum absolute atomic E-state index is 0.268. The van der Waals surface area contributed by atoms with Crippen LogP contribution in [0.1, 0.15) is 24.0 Å². The number of halogens is 2. The molecule has 2 aromatic rings. The van der Waals surface area contributed by atoms with Crippen LogP contribution in [0.2, 0.25) is 0 Å². The maximum atomic E-state index is 13.6. The number of benzene rings is 2. The van der Waals surface area contributed by atoms with Crippen molar-refractivity contribution in [3.8, 4) is 0 Å². The Labute approximate surface area is 157 Å². The van der Waals surface area contributed by atoms with E-state index in [-0.39, 0.29) is 36.5 Å². The number of rotatable bonds is 8. The van der Waals surface area contributed by atoms with Gasteiger partial charge in [-0.05, 0) is 48.9 Å². The molecule has 2 aromatic carbocycles. The van der Waals surface area contributed by atoms with Gasteiger partial charge in [0.1, 0.15) is 17.0 Å². The summed E-state index contributed by atoms with van der Waals surface area (Å²) in [5.41, 5.74) is 0.0127. The topological polar surface area (TPSA) is 58.2 Å². The second-order valence-electron chi connectivity index (χ2n) is 6.78. The monoisotopic (exact) mass is 372 g/mol. The van der Waals surface area contributed by atoms with Crippen LogP contribution in [-0.4, -0.2) is 24.9 Å². The molecule has 0 spiro atoms. The van der Waals surface area contributed by atoms with Gasteiger partial charge in [0, 0.05) is 13.1 Å². The van der Waals surface area contributed by atoms with E-state index in [4.69, 9.17) is 0 Å². The van der Waals surface area contributed by atoms with Gasteiger partial charge in [-0.2, -0.15) is 0 Å². The Morgan fingerprint density at radius 1 is 0.778 bits per heavy atom. The maximum Gasteiger partial charge on any atom is 0.235 e. The molecule has 142 valence electrons. The molecule has 0 saturated heterocycles. The van der Waals surface area contributed by atoms with Crippen LogP contribution >= 0.6 is 0 Å². The molecule has 1 aliphatic rings. The zero-order valence-corrected chi connectivity index (χ0v) is 14.9. The predicted octanol–water partition coefficient (Wildman–Crippen LogP) is 2.76. The van der Waals surface area contributed by atoms with Crippen LogP contribution in [0.5, 0.6) is 0 Å². The lowest BCUT2D eigenvalue weighted by molar-refractivity contribution is -0.137. The molecule has 0 radical (unpaired) electrons. The van der Waals surface area contributed by atoms with Gasteiger partial charge in [-0.1, -0.05) is 36.4 Å². The van der Waals surface area contributed by atoms with Crippen LogP contribution in [0.25, 0.3) is 0 Å². The number of hydrogen-bond acceptors (Lipinski definition) is 2. The Bertz CT molecular complexity index is 769. The van der Waals surface area contributed by atoms with Crippen molar-refractivity contribution in [2.24, 2.45) is 5.41 Å². The molecule has 4 nitrogen and oxygen atoms in total. The lowest BCUT2D eigenvalue weighted by Gasteiger charge is -2.15. The highest BCUT2D eigenvalue weighted by atomic mass is 19.1. The zero-order chi connectivity index (χ0) is 19.3. The fraction of sp³-hybridized carbons (Fsp3) is 0.333. The SMILES string of the molecule is O=C(NCCc1ccccc1F)C1(C(=O)NCCc2ccccc2F)CC1. The molecule has 27 heavy (non-hydrogen) atoms. The smallest absolute Gasteiger partial charge is 0.235 e. The lowest BCUT2D eigenvalue weighted by atomic mass is 10.0. The summed E-state index contributed by atoms with van der Waals surface area (Å²) in [4.78, 5) is 24.8.